The van der Waals surface area contributed by atoms with Gasteiger partial charge in [-0.1, -0.05) is 11.6 Å². The molecule has 0 atom stereocenters. The van der Waals surface area contributed by atoms with Crippen LogP contribution >= 0.6 is 0 Å². The van der Waals surface area contributed by atoms with Gasteiger partial charge < -0.3 is 5.32 Å². The normalized spacial score (nSPS) is 9.72. The summed E-state index contributed by atoms with van der Waals surface area (Å²) >= 11 is 0. The molecule has 0 heterocycles. The molecule has 0 saturated carbocycles. The quantitative estimate of drug-likeness (QED) is 0.508. The summed E-state index contributed by atoms with van der Waals surface area (Å²) in [4.78, 5) is 21.2. The molecular formula is C12H13FN2O3. The molecule has 0 aromatic heterocycles. The lowest BCUT2D eigenvalue weighted by atomic mass is 10.2. The Morgan fingerprint density at radius 3 is 2.67 bits per heavy atom. The minimum atomic E-state index is -1.02. The Kier molecular flexibility index (Phi) is 4.53. The van der Waals surface area contributed by atoms with Crippen molar-refractivity contribution in [2.45, 2.75) is 13.8 Å². The van der Waals surface area contributed by atoms with Crippen molar-refractivity contribution in [2.75, 3.05) is 6.54 Å². The van der Waals surface area contributed by atoms with Crippen LogP contribution in [0.3, 0.4) is 0 Å². The van der Waals surface area contributed by atoms with Gasteiger partial charge in [0.25, 0.3) is 5.91 Å². The van der Waals surface area contributed by atoms with Gasteiger partial charge >= 0.3 is 5.69 Å². The number of allylic oxidation sites excluding steroid dienone is 1. The summed E-state index contributed by atoms with van der Waals surface area (Å²) in [5.74, 6) is -1.49. The van der Waals surface area contributed by atoms with Crippen LogP contribution in [0, 0.1) is 15.9 Å². The smallest absolute Gasteiger partial charge is 0.304 e. The van der Waals surface area contributed by atoms with E-state index < -0.39 is 22.3 Å². The molecular weight excluding hydrogens is 239 g/mol. The highest BCUT2D eigenvalue weighted by molar-refractivity contribution is 5.94. The van der Waals surface area contributed by atoms with Crippen molar-refractivity contribution in [3.8, 4) is 0 Å². The zero-order valence-electron chi connectivity index (χ0n) is 10.1. The number of carbonyl (C=O) groups excluding carboxylic acids is 1. The molecule has 5 nitrogen and oxygen atoms in total. The fourth-order valence-corrected chi connectivity index (χ4v) is 1.25. The first kappa shape index (κ1) is 13.8. The van der Waals surface area contributed by atoms with Crippen molar-refractivity contribution in [2.24, 2.45) is 0 Å². The van der Waals surface area contributed by atoms with E-state index in [1.807, 2.05) is 13.8 Å². The van der Waals surface area contributed by atoms with E-state index in [4.69, 9.17) is 0 Å². The summed E-state index contributed by atoms with van der Waals surface area (Å²) in [7, 11) is 0. The maximum Gasteiger partial charge on any atom is 0.304 e. The van der Waals surface area contributed by atoms with E-state index in [0.29, 0.717) is 6.54 Å². The van der Waals surface area contributed by atoms with Crippen LogP contribution in [0.5, 0.6) is 0 Å². The topological polar surface area (TPSA) is 72.2 Å². The van der Waals surface area contributed by atoms with E-state index in [9.17, 15) is 19.3 Å². The number of halogens is 1. The molecule has 0 fully saturated rings. The molecule has 1 N–H and O–H groups in total. The second kappa shape index (κ2) is 5.90. The maximum absolute atomic E-state index is 13.3. The molecule has 1 rings (SSSR count). The van der Waals surface area contributed by atoms with Crippen LogP contribution in [-0.2, 0) is 0 Å². The Morgan fingerprint density at radius 2 is 2.17 bits per heavy atom. The lowest BCUT2D eigenvalue weighted by Gasteiger charge is -2.03. The summed E-state index contributed by atoms with van der Waals surface area (Å²) in [6.45, 7) is 4.11. The summed E-state index contributed by atoms with van der Waals surface area (Å²) in [5, 5.41) is 13.0. The fourth-order valence-electron chi connectivity index (χ4n) is 1.25. The molecule has 0 saturated heterocycles. The molecule has 0 radical (unpaired) electrons. The van der Waals surface area contributed by atoms with Crippen molar-refractivity contribution in [1.82, 2.24) is 5.32 Å². The first-order chi connectivity index (χ1) is 8.41. The largest absolute Gasteiger partial charge is 0.349 e. The van der Waals surface area contributed by atoms with Crippen molar-refractivity contribution in [3.63, 3.8) is 0 Å². The summed E-state index contributed by atoms with van der Waals surface area (Å²) in [6, 6.07) is 3.06. The Hall–Kier alpha value is -2.24. The van der Waals surface area contributed by atoms with Gasteiger partial charge in [0.05, 0.1) is 4.92 Å². The number of nitro benzene ring substituents is 1. The van der Waals surface area contributed by atoms with Gasteiger partial charge in [-0.3, -0.25) is 14.9 Å². The monoisotopic (exact) mass is 252 g/mol. The predicted octanol–water partition coefficient (Wildman–Crippen LogP) is 2.43. The average molecular weight is 252 g/mol. The number of nitro groups is 1. The highest BCUT2D eigenvalue weighted by Gasteiger charge is 2.16. The van der Waals surface area contributed by atoms with Crippen molar-refractivity contribution in [3.05, 3.63) is 51.3 Å². The number of carbonyl (C=O) groups is 1. The molecule has 0 bridgehead atoms. The van der Waals surface area contributed by atoms with E-state index in [0.717, 1.165) is 17.7 Å². The second-order valence-corrected chi connectivity index (χ2v) is 3.91. The van der Waals surface area contributed by atoms with E-state index >= 15 is 0 Å². The second-order valence-electron chi connectivity index (χ2n) is 3.91. The van der Waals surface area contributed by atoms with Crippen LogP contribution in [0.15, 0.2) is 29.8 Å². The number of nitrogens with one attached hydrogen (secondary N) is 1. The lowest BCUT2D eigenvalue weighted by Crippen LogP contribution is -2.23. The number of rotatable bonds is 4. The molecule has 0 spiro atoms. The van der Waals surface area contributed by atoms with Crippen LogP contribution < -0.4 is 5.32 Å². The zero-order chi connectivity index (χ0) is 13.7. The summed E-state index contributed by atoms with van der Waals surface area (Å²) in [5.41, 5.74) is 0.460. The Bertz CT molecular complexity index is 508. The highest BCUT2D eigenvalue weighted by Crippen LogP contribution is 2.17. The number of hydrogen-bond donors (Lipinski definition) is 1. The standard InChI is InChI=1S/C12H13FN2O3/c1-8(2)5-6-14-12(16)9-3-4-11(15(17)18)10(13)7-9/h3-5,7H,6H2,1-2H3,(H,14,16). The number of benzene rings is 1. The Morgan fingerprint density at radius 1 is 1.50 bits per heavy atom. The van der Waals surface area contributed by atoms with Gasteiger partial charge in [0.15, 0.2) is 0 Å². The van der Waals surface area contributed by atoms with Gasteiger partial charge in [-0.15, -0.1) is 0 Å². The van der Waals surface area contributed by atoms with Crippen molar-refractivity contribution in [1.29, 1.82) is 0 Å². The van der Waals surface area contributed by atoms with Crippen LogP contribution in [-0.4, -0.2) is 17.4 Å². The molecule has 96 valence electrons. The Balaban J connectivity index is 2.79. The third kappa shape index (κ3) is 3.65. The van der Waals surface area contributed by atoms with Crippen molar-refractivity contribution < 1.29 is 14.1 Å². The zero-order valence-corrected chi connectivity index (χ0v) is 10.1. The van der Waals surface area contributed by atoms with Gasteiger partial charge in [0.2, 0.25) is 5.82 Å². The Labute approximate surface area is 103 Å². The minimum Gasteiger partial charge on any atom is -0.349 e. The van der Waals surface area contributed by atoms with E-state index in [-0.39, 0.29) is 5.56 Å². The van der Waals surface area contributed by atoms with Crippen LogP contribution in [0.25, 0.3) is 0 Å². The average Bonchev–Trinajstić information content (AvgIpc) is 2.27. The predicted molar refractivity (Wildman–Crippen MR) is 64.8 cm³/mol. The molecule has 0 aliphatic rings. The maximum atomic E-state index is 13.3. The SMILES string of the molecule is CC(C)=CCNC(=O)c1ccc([N+](=O)[O-])c(F)c1. The molecule has 1 aromatic rings. The van der Waals surface area contributed by atoms with Crippen molar-refractivity contribution >= 4 is 11.6 Å². The third-order valence-electron chi connectivity index (χ3n) is 2.18. The van der Waals surface area contributed by atoms with Crippen LogP contribution in [0.4, 0.5) is 10.1 Å². The summed E-state index contributed by atoms with van der Waals surface area (Å²) in [6.07, 6.45) is 1.81. The van der Waals surface area contributed by atoms with E-state index in [1.165, 1.54) is 6.07 Å². The molecule has 1 aromatic carbocycles. The number of hydrogen-bond acceptors (Lipinski definition) is 3. The summed E-state index contributed by atoms with van der Waals surface area (Å²) < 4.78 is 13.3. The molecule has 0 unspecified atom stereocenters. The first-order valence-electron chi connectivity index (χ1n) is 5.27. The van der Waals surface area contributed by atoms with Crippen LogP contribution in [0.2, 0.25) is 0 Å². The first-order valence-corrected chi connectivity index (χ1v) is 5.27. The van der Waals surface area contributed by atoms with Gasteiger partial charge in [-0.05, 0) is 26.0 Å². The lowest BCUT2D eigenvalue weighted by molar-refractivity contribution is -0.387. The van der Waals surface area contributed by atoms with Gasteiger partial charge in [-0.25, -0.2) is 0 Å². The van der Waals surface area contributed by atoms with E-state index in [2.05, 4.69) is 5.32 Å². The molecule has 6 heteroatoms. The minimum absolute atomic E-state index is 0.0558. The van der Waals surface area contributed by atoms with E-state index in [1.54, 1.807) is 6.08 Å². The fraction of sp³-hybridized carbons (Fsp3) is 0.250. The molecule has 1 amide bonds. The molecule has 0 aliphatic carbocycles. The number of amides is 1. The van der Waals surface area contributed by atoms with Gasteiger partial charge in [0.1, 0.15) is 0 Å². The van der Waals surface area contributed by atoms with Crippen LogP contribution in [0.1, 0.15) is 24.2 Å². The van der Waals surface area contributed by atoms with Gasteiger partial charge in [0, 0.05) is 18.2 Å². The van der Waals surface area contributed by atoms with Gasteiger partial charge in [-0.2, -0.15) is 4.39 Å². The number of nitrogens with zero attached hydrogens (tertiary/aromatic N) is 1. The third-order valence-corrected chi connectivity index (χ3v) is 2.18. The molecule has 18 heavy (non-hydrogen) atoms. The highest BCUT2D eigenvalue weighted by atomic mass is 19.1. The molecule has 0 aliphatic heterocycles.